The van der Waals surface area contributed by atoms with E-state index < -0.39 is 0 Å². The molecule has 0 unspecified atom stereocenters. The number of nitrogens with zero attached hydrogens (tertiary/aromatic N) is 1. The van der Waals surface area contributed by atoms with Crippen LogP contribution in [0.5, 0.6) is 5.75 Å². The van der Waals surface area contributed by atoms with Crippen LogP contribution >= 0.6 is 47.2 Å². The monoisotopic (exact) mass is 542 g/mol. The summed E-state index contributed by atoms with van der Waals surface area (Å²) in [6.45, 7) is 1.79. The Labute approximate surface area is 223 Å². The third-order valence-corrected chi connectivity index (χ3v) is 7.31. The molecule has 1 atom stereocenters. The lowest BCUT2D eigenvalue weighted by molar-refractivity contribution is -0.123. The van der Waals surface area contributed by atoms with Crippen LogP contribution in [0.4, 0.5) is 5.69 Å². The SMILES string of the molecule is C[C@@H](c1ccccc1)N1C(=O)/C(=C/c2ccc(OCC(=O)Nc3ccc(Cl)c(Cl)c3)cc2)SC1=S. The predicted octanol–water partition coefficient (Wildman–Crippen LogP) is 6.97. The van der Waals surface area contributed by atoms with E-state index in [9.17, 15) is 9.59 Å². The molecule has 2 amide bonds. The molecule has 0 aromatic heterocycles. The maximum Gasteiger partial charge on any atom is 0.266 e. The van der Waals surface area contributed by atoms with Crippen LogP contribution < -0.4 is 10.1 Å². The number of rotatable bonds is 7. The molecule has 0 bridgehead atoms. The molecule has 3 aromatic rings. The summed E-state index contributed by atoms with van der Waals surface area (Å²) < 4.78 is 6.09. The molecule has 178 valence electrons. The first-order valence-corrected chi connectivity index (χ1v) is 12.6. The second-order valence-corrected chi connectivity index (χ2v) is 10.2. The van der Waals surface area contributed by atoms with Gasteiger partial charge in [0.1, 0.15) is 10.1 Å². The van der Waals surface area contributed by atoms with Crippen molar-refractivity contribution in [3.8, 4) is 5.75 Å². The molecule has 0 spiro atoms. The quantitative estimate of drug-likeness (QED) is 0.258. The zero-order valence-electron chi connectivity index (χ0n) is 18.5. The van der Waals surface area contributed by atoms with Crippen molar-refractivity contribution in [3.05, 3.63) is 98.9 Å². The molecular weight excluding hydrogens is 523 g/mol. The van der Waals surface area contributed by atoms with Crippen molar-refractivity contribution in [3.63, 3.8) is 0 Å². The second-order valence-electron chi connectivity index (χ2n) is 7.67. The van der Waals surface area contributed by atoms with Crippen molar-refractivity contribution < 1.29 is 14.3 Å². The molecule has 5 nitrogen and oxygen atoms in total. The van der Waals surface area contributed by atoms with Crippen LogP contribution in [0.3, 0.4) is 0 Å². The molecule has 1 aliphatic heterocycles. The highest BCUT2D eigenvalue weighted by atomic mass is 35.5. The minimum Gasteiger partial charge on any atom is -0.484 e. The molecule has 0 saturated carbocycles. The fourth-order valence-electron chi connectivity index (χ4n) is 3.43. The van der Waals surface area contributed by atoms with Crippen LogP contribution in [-0.2, 0) is 9.59 Å². The average molecular weight is 543 g/mol. The molecule has 1 saturated heterocycles. The number of benzene rings is 3. The summed E-state index contributed by atoms with van der Waals surface area (Å²) in [5.74, 6) is 0.0796. The summed E-state index contributed by atoms with van der Waals surface area (Å²) in [7, 11) is 0. The minimum absolute atomic E-state index is 0.115. The first-order valence-electron chi connectivity index (χ1n) is 10.6. The number of ether oxygens (including phenoxy) is 1. The van der Waals surface area contributed by atoms with Crippen molar-refractivity contribution in [2.75, 3.05) is 11.9 Å². The van der Waals surface area contributed by atoms with Crippen molar-refractivity contribution >= 4 is 75.1 Å². The van der Waals surface area contributed by atoms with Gasteiger partial charge in [-0.25, -0.2) is 0 Å². The van der Waals surface area contributed by atoms with E-state index in [4.69, 9.17) is 40.2 Å². The maximum atomic E-state index is 13.0. The summed E-state index contributed by atoms with van der Waals surface area (Å²) >= 11 is 18.6. The van der Waals surface area contributed by atoms with E-state index in [1.165, 1.54) is 11.8 Å². The predicted molar refractivity (Wildman–Crippen MR) is 147 cm³/mol. The summed E-state index contributed by atoms with van der Waals surface area (Å²) in [5, 5.41) is 3.47. The number of halogens is 2. The highest BCUT2D eigenvalue weighted by Crippen LogP contribution is 2.38. The van der Waals surface area contributed by atoms with Gasteiger partial charge in [0.25, 0.3) is 11.8 Å². The summed E-state index contributed by atoms with van der Waals surface area (Å²) in [4.78, 5) is 27.4. The lowest BCUT2D eigenvalue weighted by Gasteiger charge is -2.23. The van der Waals surface area contributed by atoms with Gasteiger partial charge in [-0.2, -0.15) is 0 Å². The Balaban J connectivity index is 1.35. The number of thioether (sulfide) groups is 1. The third-order valence-electron chi connectivity index (χ3n) is 5.24. The van der Waals surface area contributed by atoms with E-state index in [-0.39, 0.29) is 24.5 Å². The zero-order valence-corrected chi connectivity index (χ0v) is 21.7. The van der Waals surface area contributed by atoms with Gasteiger partial charge in [0, 0.05) is 5.69 Å². The molecular formula is C26H20Cl2N2O3S2. The number of nitrogens with one attached hydrogen (secondary N) is 1. The van der Waals surface area contributed by atoms with Crippen LogP contribution in [-0.4, -0.2) is 27.6 Å². The van der Waals surface area contributed by atoms with Gasteiger partial charge in [-0.1, -0.05) is 89.6 Å². The zero-order chi connectivity index (χ0) is 24.9. The Morgan fingerprint density at radius 1 is 1.09 bits per heavy atom. The largest absolute Gasteiger partial charge is 0.484 e. The van der Waals surface area contributed by atoms with E-state index in [0.29, 0.717) is 30.7 Å². The van der Waals surface area contributed by atoms with Crippen molar-refractivity contribution in [2.24, 2.45) is 0 Å². The Morgan fingerprint density at radius 2 is 1.80 bits per heavy atom. The van der Waals surface area contributed by atoms with Gasteiger partial charge >= 0.3 is 0 Å². The first kappa shape index (κ1) is 25.3. The molecule has 1 heterocycles. The molecule has 35 heavy (non-hydrogen) atoms. The lowest BCUT2D eigenvalue weighted by Crippen LogP contribution is -2.30. The minimum atomic E-state index is -0.330. The smallest absolute Gasteiger partial charge is 0.266 e. The highest BCUT2D eigenvalue weighted by Gasteiger charge is 2.35. The molecule has 3 aromatic carbocycles. The topological polar surface area (TPSA) is 58.6 Å². The fourth-order valence-corrected chi connectivity index (χ4v) is 5.14. The Kier molecular flexibility index (Phi) is 8.13. The number of carbonyl (C=O) groups is 2. The van der Waals surface area contributed by atoms with E-state index >= 15 is 0 Å². The molecule has 1 N–H and O–H groups in total. The summed E-state index contributed by atoms with van der Waals surface area (Å²) in [6.07, 6.45) is 1.80. The number of hydrogen-bond acceptors (Lipinski definition) is 5. The van der Waals surface area contributed by atoms with Crippen molar-refractivity contribution in [1.82, 2.24) is 4.90 Å². The summed E-state index contributed by atoms with van der Waals surface area (Å²) in [6, 6.07) is 21.6. The molecule has 1 aliphatic rings. The Morgan fingerprint density at radius 3 is 2.49 bits per heavy atom. The molecule has 4 rings (SSSR count). The van der Waals surface area contributed by atoms with Crippen LogP contribution in [0.2, 0.25) is 10.0 Å². The average Bonchev–Trinajstić information content (AvgIpc) is 3.13. The van der Waals surface area contributed by atoms with Gasteiger partial charge in [0.15, 0.2) is 6.61 Å². The first-order chi connectivity index (χ1) is 16.8. The number of hydrogen-bond donors (Lipinski definition) is 1. The van der Waals surface area contributed by atoms with E-state index in [0.717, 1.165) is 11.1 Å². The van der Waals surface area contributed by atoms with Crippen LogP contribution in [0, 0.1) is 0 Å². The van der Waals surface area contributed by atoms with Gasteiger partial charge in [-0.15, -0.1) is 0 Å². The number of carbonyl (C=O) groups excluding carboxylic acids is 2. The van der Waals surface area contributed by atoms with Gasteiger partial charge in [-0.3, -0.25) is 14.5 Å². The van der Waals surface area contributed by atoms with E-state index in [2.05, 4.69) is 5.32 Å². The van der Waals surface area contributed by atoms with Gasteiger partial charge in [0.2, 0.25) is 0 Å². The van der Waals surface area contributed by atoms with Crippen molar-refractivity contribution in [2.45, 2.75) is 13.0 Å². The van der Waals surface area contributed by atoms with Crippen molar-refractivity contribution in [1.29, 1.82) is 0 Å². The summed E-state index contributed by atoms with van der Waals surface area (Å²) in [5.41, 5.74) is 2.38. The van der Waals surface area contributed by atoms with Gasteiger partial charge in [-0.05, 0) is 54.5 Å². The molecule has 0 radical (unpaired) electrons. The Bertz CT molecular complexity index is 1300. The van der Waals surface area contributed by atoms with Gasteiger partial charge in [0.05, 0.1) is 21.0 Å². The second kappa shape index (κ2) is 11.3. The fraction of sp³-hybridized carbons (Fsp3) is 0.115. The van der Waals surface area contributed by atoms with Crippen LogP contribution in [0.1, 0.15) is 24.1 Å². The highest BCUT2D eigenvalue weighted by molar-refractivity contribution is 8.26. The van der Waals surface area contributed by atoms with E-state index in [1.807, 2.05) is 49.4 Å². The number of anilines is 1. The standard InChI is InChI=1S/C26H20Cl2N2O3S2/c1-16(18-5-3-2-4-6-18)30-25(32)23(35-26(30)34)13-17-7-10-20(11-8-17)33-15-24(31)29-19-9-12-21(27)22(28)14-19/h2-14,16H,15H2,1H3,(H,29,31)/b23-13-/t16-/m0/s1. The van der Waals surface area contributed by atoms with Gasteiger partial charge < -0.3 is 10.1 Å². The number of thiocarbonyl (C=S) groups is 1. The number of amides is 2. The van der Waals surface area contributed by atoms with Crippen LogP contribution in [0.25, 0.3) is 6.08 Å². The maximum absolute atomic E-state index is 13.0. The van der Waals surface area contributed by atoms with E-state index in [1.54, 1.807) is 41.3 Å². The van der Waals surface area contributed by atoms with Crippen LogP contribution in [0.15, 0.2) is 77.7 Å². The normalized spacial score (nSPS) is 15.4. The third kappa shape index (κ3) is 6.24. The molecule has 0 aliphatic carbocycles. The molecule has 9 heteroatoms. The Hall–Kier alpha value is -2.84. The lowest BCUT2D eigenvalue weighted by atomic mass is 10.1. The molecule has 1 fully saturated rings.